The number of benzene rings is 1. The van der Waals surface area contributed by atoms with Crippen molar-refractivity contribution in [3.63, 3.8) is 0 Å². The fourth-order valence-electron chi connectivity index (χ4n) is 1.56. The van der Waals surface area contributed by atoms with Crippen LogP contribution in [0.5, 0.6) is 5.75 Å². The molecule has 0 saturated carbocycles. The van der Waals surface area contributed by atoms with Crippen molar-refractivity contribution >= 4 is 23.4 Å². The van der Waals surface area contributed by atoms with Crippen molar-refractivity contribution in [2.45, 2.75) is 36.3 Å². The van der Waals surface area contributed by atoms with Crippen LogP contribution in [0, 0.1) is 0 Å². The van der Waals surface area contributed by atoms with Crippen molar-refractivity contribution < 1.29 is 14.6 Å². The summed E-state index contributed by atoms with van der Waals surface area (Å²) in [6.07, 6.45) is 2.55. The Morgan fingerprint density at radius 1 is 1.56 bits per heavy atom. The molecular formula is C13H19NO3S. The summed E-state index contributed by atoms with van der Waals surface area (Å²) in [5.74, 6) is -0.157. The summed E-state index contributed by atoms with van der Waals surface area (Å²) >= 11 is 1.32. The van der Waals surface area contributed by atoms with Crippen LogP contribution in [0.1, 0.15) is 26.2 Å². The van der Waals surface area contributed by atoms with Gasteiger partial charge in [-0.05, 0) is 18.6 Å². The van der Waals surface area contributed by atoms with E-state index in [-0.39, 0.29) is 0 Å². The topological polar surface area (TPSA) is 72.5 Å². The van der Waals surface area contributed by atoms with Gasteiger partial charge in [0.1, 0.15) is 11.0 Å². The first-order valence-corrected chi connectivity index (χ1v) is 6.79. The van der Waals surface area contributed by atoms with Gasteiger partial charge in [0, 0.05) is 11.8 Å². The third kappa shape index (κ3) is 4.14. The number of carboxylic acids is 1. The van der Waals surface area contributed by atoms with Gasteiger partial charge in [-0.1, -0.05) is 19.8 Å². The highest BCUT2D eigenvalue weighted by atomic mass is 32.2. The first-order valence-electron chi connectivity index (χ1n) is 5.91. The number of thioether (sulfide) groups is 1. The molecule has 0 aliphatic heterocycles. The third-order valence-electron chi connectivity index (χ3n) is 2.55. The first-order chi connectivity index (χ1) is 8.58. The number of nitrogens with two attached hydrogens (primary N) is 1. The molecule has 1 atom stereocenters. The van der Waals surface area contributed by atoms with Crippen LogP contribution in [0.4, 0.5) is 5.69 Å². The molecule has 0 aliphatic rings. The van der Waals surface area contributed by atoms with Gasteiger partial charge < -0.3 is 15.6 Å². The van der Waals surface area contributed by atoms with E-state index in [1.165, 1.54) is 11.8 Å². The van der Waals surface area contributed by atoms with Crippen molar-refractivity contribution in [3.8, 4) is 5.75 Å². The van der Waals surface area contributed by atoms with E-state index in [0.717, 1.165) is 17.7 Å². The van der Waals surface area contributed by atoms with Gasteiger partial charge in [0.15, 0.2) is 0 Å². The summed E-state index contributed by atoms with van der Waals surface area (Å²) in [7, 11) is 1.56. The van der Waals surface area contributed by atoms with Gasteiger partial charge in [0.25, 0.3) is 0 Å². The first kappa shape index (κ1) is 14.7. The molecule has 0 heterocycles. The lowest BCUT2D eigenvalue weighted by atomic mass is 10.2. The molecular weight excluding hydrogens is 250 g/mol. The summed E-state index contributed by atoms with van der Waals surface area (Å²) in [6, 6.07) is 5.27. The number of unbranched alkanes of at least 4 members (excludes halogenated alkanes) is 1. The summed E-state index contributed by atoms with van der Waals surface area (Å²) in [5, 5.41) is 8.75. The highest BCUT2D eigenvalue weighted by Gasteiger charge is 2.20. The van der Waals surface area contributed by atoms with Crippen LogP contribution in [-0.2, 0) is 4.79 Å². The van der Waals surface area contributed by atoms with E-state index in [0.29, 0.717) is 17.9 Å². The number of carbonyl (C=O) groups is 1. The Labute approximate surface area is 112 Å². The van der Waals surface area contributed by atoms with Gasteiger partial charge in [-0.2, -0.15) is 0 Å². The lowest BCUT2D eigenvalue weighted by Gasteiger charge is -2.14. The standard InChI is InChI=1S/C13H19NO3S/c1-3-4-5-12(13(15)16)18-11-7-6-9(14)8-10(11)17-2/h6-8,12H,3-5,14H2,1-2H3,(H,15,16). The van der Waals surface area contributed by atoms with Crippen molar-refractivity contribution in [1.82, 2.24) is 0 Å². The molecule has 1 aromatic carbocycles. The van der Waals surface area contributed by atoms with E-state index in [1.807, 2.05) is 6.92 Å². The Morgan fingerprint density at radius 3 is 2.83 bits per heavy atom. The van der Waals surface area contributed by atoms with Crippen LogP contribution >= 0.6 is 11.8 Å². The van der Waals surface area contributed by atoms with Gasteiger partial charge in [0.2, 0.25) is 0 Å². The molecule has 3 N–H and O–H groups in total. The smallest absolute Gasteiger partial charge is 0.316 e. The molecule has 0 aliphatic carbocycles. The minimum atomic E-state index is -0.785. The summed E-state index contributed by atoms with van der Waals surface area (Å²) < 4.78 is 5.22. The van der Waals surface area contributed by atoms with Gasteiger partial charge in [0.05, 0.1) is 12.0 Å². The number of ether oxygens (including phenoxy) is 1. The Kier molecular flexibility index (Phi) is 5.85. The van der Waals surface area contributed by atoms with E-state index < -0.39 is 11.2 Å². The lowest BCUT2D eigenvalue weighted by molar-refractivity contribution is -0.136. The number of methoxy groups -OCH3 is 1. The Balaban J connectivity index is 2.82. The summed E-state index contributed by atoms with van der Waals surface area (Å²) in [5.41, 5.74) is 6.28. The molecule has 0 spiro atoms. The van der Waals surface area contributed by atoms with E-state index in [9.17, 15) is 9.90 Å². The van der Waals surface area contributed by atoms with Crippen LogP contribution in [0.2, 0.25) is 0 Å². The predicted octanol–water partition coefficient (Wildman–Crippen LogP) is 3.01. The minimum absolute atomic E-state index is 0.442. The predicted molar refractivity (Wildman–Crippen MR) is 74.2 cm³/mol. The van der Waals surface area contributed by atoms with Crippen LogP contribution in [0.15, 0.2) is 23.1 Å². The number of hydrogen-bond acceptors (Lipinski definition) is 4. The Morgan fingerprint density at radius 2 is 2.28 bits per heavy atom. The van der Waals surface area contributed by atoms with E-state index in [2.05, 4.69) is 0 Å². The summed E-state index contributed by atoms with van der Waals surface area (Å²) in [6.45, 7) is 2.05. The largest absolute Gasteiger partial charge is 0.496 e. The molecule has 100 valence electrons. The maximum atomic E-state index is 11.2. The molecule has 4 nitrogen and oxygen atoms in total. The number of nitrogen functional groups attached to an aromatic ring is 1. The van der Waals surface area contributed by atoms with E-state index in [1.54, 1.807) is 25.3 Å². The van der Waals surface area contributed by atoms with Crippen LogP contribution in [-0.4, -0.2) is 23.4 Å². The second-order valence-corrected chi connectivity index (χ2v) is 5.24. The fraction of sp³-hybridized carbons (Fsp3) is 0.462. The molecule has 0 bridgehead atoms. The van der Waals surface area contributed by atoms with E-state index >= 15 is 0 Å². The maximum absolute atomic E-state index is 11.2. The number of rotatable bonds is 7. The van der Waals surface area contributed by atoms with Crippen molar-refractivity contribution in [2.24, 2.45) is 0 Å². The number of anilines is 1. The van der Waals surface area contributed by atoms with Gasteiger partial charge in [-0.25, -0.2) is 0 Å². The molecule has 1 aromatic rings. The zero-order chi connectivity index (χ0) is 13.5. The zero-order valence-electron chi connectivity index (χ0n) is 10.7. The molecule has 0 amide bonds. The molecule has 1 rings (SSSR count). The quantitative estimate of drug-likeness (QED) is 0.588. The molecule has 5 heteroatoms. The molecule has 0 fully saturated rings. The van der Waals surface area contributed by atoms with Gasteiger partial charge in [-0.3, -0.25) is 4.79 Å². The second kappa shape index (κ2) is 7.16. The minimum Gasteiger partial charge on any atom is -0.496 e. The summed E-state index contributed by atoms with van der Waals surface area (Å²) in [4.78, 5) is 12.0. The molecule has 0 radical (unpaired) electrons. The van der Waals surface area contributed by atoms with Crippen molar-refractivity contribution in [2.75, 3.05) is 12.8 Å². The number of hydrogen-bond donors (Lipinski definition) is 2. The highest BCUT2D eigenvalue weighted by Crippen LogP contribution is 2.35. The van der Waals surface area contributed by atoms with Gasteiger partial charge in [-0.15, -0.1) is 11.8 Å². The molecule has 0 saturated heterocycles. The molecule has 0 aromatic heterocycles. The van der Waals surface area contributed by atoms with Gasteiger partial charge >= 0.3 is 5.97 Å². The number of carboxylic acid groups (broad SMARTS) is 1. The van der Waals surface area contributed by atoms with Crippen LogP contribution < -0.4 is 10.5 Å². The molecule has 1 unspecified atom stereocenters. The van der Waals surface area contributed by atoms with Crippen molar-refractivity contribution in [1.29, 1.82) is 0 Å². The van der Waals surface area contributed by atoms with Crippen molar-refractivity contribution in [3.05, 3.63) is 18.2 Å². The van der Waals surface area contributed by atoms with E-state index in [4.69, 9.17) is 10.5 Å². The average molecular weight is 269 g/mol. The monoisotopic (exact) mass is 269 g/mol. The number of aliphatic carboxylic acids is 1. The second-order valence-electron chi connectivity index (χ2n) is 4.00. The normalized spacial score (nSPS) is 12.1. The van der Waals surface area contributed by atoms with Crippen LogP contribution in [0.3, 0.4) is 0 Å². The Hall–Kier alpha value is -1.36. The maximum Gasteiger partial charge on any atom is 0.316 e. The third-order valence-corrected chi connectivity index (χ3v) is 3.87. The van der Waals surface area contributed by atoms with Crippen LogP contribution in [0.25, 0.3) is 0 Å². The highest BCUT2D eigenvalue weighted by molar-refractivity contribution is 8.00. The fourth-order valence-corrected chi connectivity index (χ4v) is 2.65. The average Bonchev–Trinajstić information content (AvgIpc) is 2.35. The lowest BCUT2D eigenvalue weighted by Crippen LogP contribution is -2.16. The zero-order valence-corrected chi connectivity index (χ0v) is 11.5. The SMILES string of the molecule is CCCCC(Sc1ccc(N)cc1OC)C(=O)O. The Bertz CT molecular complexity index is 409. The molecule has 18 heavy (non-hydrogen) atoms.